The number of rotatable bonds is 0. The molecule has 0 saturated heterocycles. The summed E-state index contributed by atoms with van der Waals surface area (Å²) >= 11 is 0. The first kappa shape index (κ1) is 20.7. The van der Waals surface area contributed by atoms with Crippen LogP contribution in [0.5, 0.6) is 17.2 Å². The molecule has 2 aliphatic carbocycles. The van der Waals surface area contributed by atoms with E-state index in [0.29, 0.717) is 23.3 Å². The highest BCUT2D eigenvalue weighted by Gasteiger charge is 2.59. The Morgan fingerprint density at radius 3 is 2.50 bits per heavy atom. The minimum Gasteiger partial charge on any atom is -0.504 e. The van der Waals surface area contributed by atoms with E-state index in [1.54, 1.807) is 0 Å². The summed E-state index contributed by atoms with van der Waals surface area (Å²) < 4.78 is 20.0. The van der Waals surface area contributed by atoms with Crippen LogP contribution >= 0.6 is 0 Å². The molecule has 3 heterocycles. The molecule has 1 aromatic heterocycles. The molecule has 4 aliphatic rings. The average Bonchev–Trinajstić information content (AvgIpc) is 3.34. The largest absolute Gasteiger partial charge is 0.504 e. The van der Waals surface area contributed by atoms with E-state index >= 15 is 0 Å². The predicted molar refractivity (Wildman–Crippen MR) is 133 cm³/mol. The Kier molecular flexibility index (Phi) is 3.98. The zero-order chi connectivity index (χ0) is 23.7. The lowest BCUT2D eigenvalue weighted by Crippen LogP contribution is -2.49. The van der Waals surface area contributed by atoms with Crippen LogP contribution in [0, 0.1) is 20.8 Å². The van der Waals surface area contributed by atoms with Crippen LogP contribution in [0.4, 0.5) is 0 Å². The summed E-state index contributed by atoms with van der Waals surface area (Å²) in [5.74, 6) is 3.04. The van der Waals surface area contributed by atoms with Crippen molar-refractivity contribution in [2.75, 3.05) is 0 Å². The Morgan fingerprint density at radius 1 is 0.941 bits per heavy atom. The van der Waals surface area contributed by atoms with Crippen molar-refractivity contribution >= 4 is 11.0 Å². The summed E-state index contributed by atoms with van der Waals surface area (Å²) in [4.78, 5) is 0. The first-order valence-electron chi connectivity index (χ1n) is 13.0. The maximum atomic E-state index is 11.5. The van der Waals surface area contributed by atoms with Crippen LogP contribution in [-0.2, 0) is 12.0 Å². The van der Waals surface area contributed by atoms with E-state index in [-0.39, 0.29) is 12.0 Å². The quantitative estimate of drug-likeness (QED) is 0.378. The lowest BCUT2D eigenvalue weighted by atomic mass is 9.67. The summed E-state index contributed by atoms with van der Waals surface area (Å²) in [6.07, 6.45) is 7.09. The van der Waals surface area contributed by atoms with Gasteiger partial charge in [0, 0.05) is 28.0 Å². The summed E-state index contributed by atoms with van der Waals surface area (Å²) in [6, 6.07) is 0. The molecule has 0 radical (unpaired) electrons. The van der Waals surface area contributed by atoms with Crippen LogP contribution in [-0.4, -0.2) is 11.2 Å². The smallest absolute Gasteiger partial charge is 0.176 e. The van der Waals surface area contributed by atoms with Crippen LogP contribution in [0.15, 0.2) is 10.7 Å². The number of benzene rings is 2. The topological polar surface area (TPSA) is 51.8 Å². The van der Waals surface area contributed by atoms with Crippen LogP contribution in [0.25, 0.3) is 11.0 Å². The highest BCUT2D eigenvalue weighted by Crippen LogP contribution is 2.63. The summed E-state index contributed by atoms with van der Waals surface area (Å²) in [6.45, 7) is 13.4. The number of hydrogen-bond acceptors (Lipinski definition) is 4. The second-order valence-electron chi connectivity index (χ2n) is 11.6. The molecular weight excluding hydrogens is 424 g/mol. The average molecular weight is 459 g/mol. The standard InChI is InChI=1S/C30H34O4/c1-13-8-7-9-18-20(13)17(5)24-28(25(18)31)33-29-19-11-10-14(2)21-16(4)22-15(3)12-32-26(22)27(23(19)21)34-30(24,29)6/h12-14,19,29,31H,7-11H2,1-6H3. The Hall–Kier alpha value is -2.62. The van der Waals surface area contributed by atoms with Gasteiger partial charge in [0.25, 0.3) is 0 Å². The van der Waals surface area contributed by atoms with E-state index in [9.17, 15) is 5.11 Å². The molecule has 0 saturated carbocycles. The molecule has 178 valence electrons. The summed E-state index contributed by atoms with van der Waals surface area (Å²) in [5.41, 5.74) is 10.1. The van der Waals surface area contributed by atoms with E-state index in [2.05, 4.69) is 41.5 Å². The molecular formula is C30H34O4. The number of phenols is 1. The number of furan rings is 1. The van der Waals surface area contributed by atoms with Crippen LogP contribution < -0.4 is 9.47 Å². The number of hydrogen-bond donors (Lipinski definition) is 1. The van der Waals surface area contributed by atoms with Gasteiger partial charge in [-0.2, -0.15) is 0 Å². The van der Waals surface area contributed by atoms with Crippen molar-refractivity contribution in [3.63, 3.8) is 0 Å². The van der Waals surface area contributed by atoms with Crippen molar-refractivity contribution in [3.05, 3.63) is 50.8 Å². The molecule has 7 rings (SSSR count). The van der Waals surface area contributed by atoms with Gasteiger partial charge < -0.3 is 19.0 Å². The minimum atomic E-state index is -0.665. The van der Waals surface area contributed by atoms with Gasteiger partial charge in [-0.05, 0) is 99.5 Å². The van der Waals surface area contributed by atoms with Crippen molar-refractivity contribution in [2.45, 2.75) is 103 Å². The number of ether oxygens (including phenoxy) is 2. The first-order chi connectivity index (χ1) is 16.2. The van der Waals surface area contributed by atoms with Gasteiger partial charge in [0.05, 0.1) is 6.26 Å². The Balaban J connectivity index is 1.53. The third-order valence-corrected chi connectivity index (χ3v) is 9.62. The highest BCUT2D eigenvalue weighted by atomic mass is 16.6. The fraction of sp³-hybridized carbons (Fsp3) is 0.533. The minimum absolute atomic E-state index is 0.155. The van der Waals surface area contributed by atoms with Gasteiger partial charge in [0.15, 0.2) is 28.4 Å². The lowest BCUT2D eigenvalue weighted by Gasteiger charge is -2.46. The molecule has 0 amide bonds. The Bertz CT molecular complexity index is 1400. The van der Waals surface area contributed by atoms with E-state index in [1.807, 2.05) is 6.26 Å². The van der Waals surface area contributed by atoms with Crippen LogP contribution in [0.1, 0.15) is 109 Å². The van der Waals surface area contributed by atoms with E-state index < -0.39 is 5.60 Å². The molecule has 5 atom stereocenters. The highest BCUT2D eigenvalue weighted by molar-refractivity contribution is 5.93. The second kappa shape index (κ2) is 6.53. The van der Waals surface area contributed by atoms with Gasteiger partial charge in [0.2, 0.25) is 0 Å². The van der Waals surface area contributed by atoms with E-state index in [4.69, 9.17) is 13.9 Å². The number of phenolic OH excluding ortho intramolecular Hbond substituents is 1. The molecule has 4 nitrogen and oxygen atoms in total. The third-order valence-electron chi connectivity index (χ3n) is 9.62. The predicted octanol–water partition coefficient (Wildman–Crippen LogP) is 7.55. The molecule has 0 fully saturated rings. The van der Waals surface area contributed by atoms with E-state index in [1.165, 1.54) is 33.2 Å². The normalized spacial score (nSPS) is 30.8. The Labute approximate surface area is 201 Å². The first-order valence-corrected chi connectivity index (χ1v) is 13.0. The van der Waals surface area contributed by atoms with Crippen molar-refractivity contribution < 1.29 is 19.0 Å². The number of fused-ring (bicyclic) bond motifs is 7. The molecule has 1 N–H and O–H groups in total. The summed E-state index contributed by atoms with van der Waals surface area (Å²) in [5, 5.41) is 12.7. The fourth-order valence-electron chi connectivity index (χ4n) is 8.23. The molecule has 3 aromatic rings. The van der Waals surface area contributed by atoms with Gasteiger partial charge in [-0.15, -0.1) is 0 Å². The second-order valence-corrected chi connectivity index (χ2v) is 11.6. The van der Waals surface area contributed by atoms with Gasteiger partial charge >= 0.3 is 0 Å². The Morgan fingerprint density at radius 2 is 1.71 bits per heavy atom. The van der Waals surface area contributed by atoms with Crippen molar-refractivity contribution in [1.82, 2.24) is 0 Å². The SMILES string of the molecule is Cc1c2c(c(O)c3c1C1(C)Oc4c5c(c(C)c6c(C)coc46)C(C)CCC5C1O3)CCCC2C. The molecule has 2 aliphatic heterocycles. The molecule has 34 heavy (non-hydrogen) atoms. The number of aromatic hydroxyl groups is 1. The molecule has 0 bridgehead atoms. The van der Waals surface area contributed by atoms with Crippen molar-refractivity contribution in [3.8, 4) is 17.2 Å². The lowest BCUT2D eigenvalue weighted by molar-refractivity contribution is -0.0376. The maximum absolute atomic E-state index is 11.5. The van der Waals surface area contributed by atoms with Gasteiger partial charge in [-0.25, -0.2) is 0 Å². The third kappa shape index (κ3) is 2.26. The van der Waals surface area contributed by atoms with Gasteiger partial charge in [0.1, 0.15) is 6.10 Å². The molecule has 0 spiro atoms. The van der Waals surface area contributed by atoms with Crippen molar-refractivity contribution in [1.29, 1.82) is 0 Å². The zero-order valence-corrected chi connectivity index (χ0v) is 21.1. The van der Waals surface area contributed by atoms with Crippen LogP contribution in [0.2, 0.25) is 0 Å². The molecule has 4 heteroatoms. The summed E-state index contributed by atoms with van der Waals surface area (Å²) in [7, 11) is 0. The zero-order valence-electron chi connectivity index (χ0n) is 21.1. The van der Waals surface area contributed by atoms with Gasteiger partial charge in [-0.3, -0.25) is 0 Å². The number of aryl methyl sites for hydroxylation is 2. The van der Waals surface area contributed by atoms with Crippen LogP contribution in [0.3, 0.4) is 0 Å². The molecule has 2 aromatic carbocycles. The monoisotopic (exact) mass is 458 g/mol. The van der Waals surface area contributed by atoms with Crippen molar-refractivity contribution in [2.24, 2.45) is 0 Å². The fourth-order valence-corrected chi connectivity index (χ4v) is 8.23. The van der Waals surface area contributed by atoms with Gasteiger partial charge in [-0.1, -0.05) is 13.8 Å². The molecule has 5 unspecified atom stereocenters. The maximum Gasteiger partial charge on any atom is 0.176 e. The van der Waals surface area contributed by atoms with E-state index in [0.717, 1.165) is 60.1 Å².